The predicted molar refractivity (Wildman–Crippen MR) is 44.5 cm³/mol. The van der Waals surface area contributed by atoms with Crippen LogP contribution in [0.15, 0.2) is 5.16 Å². The summed E-state index contributed by atoms with van der Waals surface area (Å²) in [7, 11) is 0. The summed E-state index contributed by atoms with van der Waals surface area (Å²) < 4.78 is 0. The molecule has 0 heterocycles. The van der Waals surface area contributed by atoms with Gasteiger partial charge < -0.3 is 4.84 Å². The summed E-state index contributed by atoms with van der Waals surface area (Å²) in [6.45, 7) is 5.51. The highest BCUT2D eigenvalue weighted by Gasteiger charge is 2.15. The van der Waals surface area contributed by atoms with Gasteiger partial charge in [0.2, 0.25) is 5.71 Å². The van der Waals surface area contributed by atoms with Crippen LogP contribution in [0.2, 0.25) is 0 Å². The molecule has 0 unspecified atom stereocenters. The zero-order valence-electron chi connectivity index (χ0n) is 7.50. The van der Waals surface area contributed by atoms with Crippen LogP contribution in [0.1, 0.15) is 20.8 Å². The first kappa shape index (κ1) is 10.6. The van der Waals surface area contributed by atoms with E-state index in [1.807, 2.05) is 0 Å². The van der Waals surface area contributed by atoms with Crippen LogP contribution in [0.25, 0.3) is 0 Å². The third-order valence-corrected chi connectivity index (χ3v) is 1.15. The van der Waals surface area contributed by atoms with Crippen molar-refractivity contribution < 1.29 is 9.63 Å². The highest BCUT2D eigenvalue weighted by molar-refractivity contribution is 6.46. The molecular weight excluding hydrogens is 156 g/mol. The second-order valence-electron chi connectivity index (χ2n) is 2.49. The molecule has 66 valence electrons. The normalized spacial score (nSPS) is 11.1. The van der Waals surface area contributed by atoms with Crippen molar-refractivity contribution in [3.63, 3.8) is 0 Å². The lowest BCUT2D eigenvalue weighted by atomic mass is 10.1. The van der Waals surface area contributed by atoms with Gasteiger partial charge in [0.25, 0.3) is 0 Å². The van der Waals surface area contributed by atoms with Crippen LogP contribution < -0.4 is 0 Å². The first-order chi connectivity index (χ1) is 5.63. The predicted octanol–water partition coefficient (Wildman–Crippen LogP) is 1.13. The van der Waals surface area contributed by atoms with Crippen molar-refractivity contribution in [2.24, 2.45) is 11.1 Å². The van der Waals surface area contributed by atoms with Crippen molar-refractivity contribution in [2.75, 3.05) is 6.61 Å². The van der Waals surface area contributed by atoms with Crippen LogP contribution in [0.3, 0.4) is 0 Å². The van der Waals surface area contributed by atoms with Crippen molar-refractivity contribution in [1.29, 1.82) is 5.26 Å². The number of rotatable bonds is 4. The smallest absolute Gasteiger partial charge is 0.222 e. The summed E-state index contributed by atoms with van der Waals surface area (Å²) in [5.74, 6) is -0.505. The van der Waals surface area contributed by atoms with Crippen molar-refractivity contribution in [1.82, 2.24) is 0 Å². The molecule has 0 radical (unpaired) electrons. The van der Waals surface area contributed by atoms with E-state index in [9.17, 15) is 4.79 Å². The molecule has 0 spiro atoms. The molecule has 0 aromatic carbocycles. The molecule has 4 nitrogen and oxygen atoms in total. The molecule has 0 N–H and O–H groups in total. The lowest BCUT2D eigenvalue weighted by Crippen LogP contribution is -2.18. The molecule has 0 saturated heterocycles. The van der Waals surface area contributed by atoms with Gasteiger partial charge in [0.15, 0.2) is 5.78 Å². The van der Waals surface area contributed by atoms with E-state index in [-0.39, 0.29) is 17.4 Å². The van der Waals surface area contributed by atoms with Gasteiger partial charge in [-0.25, -0.2) is 0 Å². The number of nitrogens with zero attached hydrogens (tertiary/aromatic N) is 2. The Kier molecular flexibility index (Phi) is 4.70. The fraction of sp³-hybridized carbons (Fsp3) is 0.625. The van der Waals surface area contributed by atoms with Crippen molar-refractivity contribution in [2.45, 2.75) is 20.8 Å². The number of hydrogen-bond acceptors (Lipinski definition) is 4. The highest BCUT2D eigenvalue weighted by atomic mass is 16.6. The van der Waals surface area contributed by atoms with Crippen LogP contribution in [-0.2, 0) is 9.63 Å². The first-order valence-electron chi connectivity index (χ1n) is 3.77. The van der Waals surface area contributed by atoms with Gasteiger partial charge in [-0.3, -0.25) is 4.79 Å². The maximum atomic E-state index is 11.1. The molecule has 0 amide bonds. The number of Topliss-reactive ketones (excluding diaryl/α,β-unsaturated/α-hetero) is 1. The van der Waals surface area contributed by atoms with Crippen LogP contribution in [0.4, 0.5) is 0 Å². The molecule has 0 aromatic rings. The van der Waals surface area contributed by atoms with E-state index < -0.39 is 0 Å². The lowest BCUT2D eigenvalue weighted by molar-refractivity contribution is -0.115. The topological polar surface area (TPSA) is 62.4 Å². The second kappa shape index (κ2) is 5.30. The average Bonchev–Trinajstić information content (AvgIpc) is 2.05. The van der Waals surface area contributed by atoms with E-state index in [1.54, 1.807) is 26.8 Å². The quantitative estimate of drug-likeness (QED) is 0.467. The third kappa shape index (κ3) is 3.15. The minimum Gasteiger partial charge on any atom is -0.395 e. The second-order valence-corrected chi connectivity index (χ2v) is 2.49. The van der Waals surface area contributed by atoms with Crippen LogP contribution in [-0.4, -0.2) is 18.1 Å². The fourth-order valence-corrected chi connectivity index (χ4v) is 0.523. The van der Waals surface area contributed by atoms with Gasteiger partial charge in [-0.15, -0.1) is 0 Å². The van der Waals surface area contributed by atoms with E-state index in [0.717, 1.165) is 0 Å². The molecule has 0 saturated carbocycles. The number of hydrogen-bond donors (Lipinski definition) is 0. The van der Waals surface area contributed by atoms with Gasteiger partial charge in [0.05, 0.1) is 0 Å². The molecule has 0 aliphatic rings. The summed E-state index contributed by atoms with van der Waals surface area (Å²) in [4.78, 5) is 15.7. The molecule has 4 heteroatoms. The van der Waals surface area contributed by atoms with Gasteiger partial charge in [0.1, 0.15) is 12.7 Å². The van der Waals surface area contributed by atoms with Crippen molar-refractivity contribution in [3.05, 3.63) is 0 Å². The van der Waals surface area contributed by atoms with Gasteiger partial charge in [-0.05, 0) is 6.92 Å². The standard InChI is InChI=1S/C8H12N2O2/c1-4-12-10-7(5-9)8(11)6(2)3/h6H,4H2,1-3H3/b10-7+. The Hall–Kier alpha value is -1.37. The fourth-order valence-electron chi connectivity index (χ4n) is 0.523. The summed E-state index contributed by atoms with van der Waals surface area (Å²) >= 11 is 0. The van der Waals surface area contributed by atoms with Crippen molar-refractivity contribution in [3.8, 4) is 6.07 Å². The highest BCUT2D eigenvalue weighted by Crippen LogP contribution is 1.96. The molecular formula is C8H12N2O2. The van der Waals surface area contributed by atoms with Gasteiger partial charge >= 0.3 is 0 Å². The van der Waals surface area contributed by atoms with E-state index >= 15 is 0 Å². The Morgan fingerprint density at radius 1 is 1.67 bits per heavy atom. The SMILES string of the molecule is CCO/N=C(\C#N)C(=O)C(C)C. The van der Waals surface area contributed by atoms with Crippen LogP contribution in [0.5, 0.6) is 0 Å². The zero-order valence-corrected chi connectivity index (χ0v) is 7.50. The molecule has 0 fully saturated rings. The lowest BCUT2D eigenvalue weighted by Gasteiger charge is -1.99. The number of ketones is 1. The molecule has 0 rings (SSSR count). The minimum atomic E-state index is -0.286. The molecule has 0 aromatic heterocycles. The monoisotopic (exact) mass is 168 g/mol. The Morgan fingerprint density at radius 3 is 2.58 bits per heavy atom. The maximum Gasteiger partial charge on any atom is 0.222 e. The zero-order chi connectivity index (χ0) is 9.56. The van der Waals surface area contributed by atoms with Crippen LogP contribution >= 0.6 is 0 Å². The number of carbonyl (C=O) groups excluding carboxylic acids is 1. The Morgan fingerprint density at radius 2 is 2.25 bits per heavy atom. The number of carbonyl (C=O) groups is 1. The van der Waals surface area contributed by atoms with E-state index in [4.69, 9.17) is 5.26 Å². The maximum absolute atomic E-state index is 11.1. The summed E-state index contributed by atoms with van der Waals surface area (Å²) in [5.41, 5.74) is -0.160. The van der Waals surface area contributed by atoms with Gasteiger partial charge in [-0.2, -0.15) is 5.26 Å². The Balaban J connectivity index is 4.37. The van der Waals surface area contributed by atoms with Gasteiger partial charge in [0, 0.05) is 5.92 Å². The van der Waals surface area contributed by atoms with E-state index in [1.165, 1.54) is 0 Å². The third-order valence-electron chi connectivity index (χ3n) is 1.15. The first-order valence-corrected chi connectivity index (χ1v) is 3.77. The largest absolute Gasteiger partial charge is 0.395 e. The summed E-state index contributed by atoms with van der Waals surface area (Å²) in [6, 6.07) is 1.69. The summed E-state index contributed by atoms with van der Waals surface area (Å²) in [5, 5.41) is 11.9. The number of nitriles is 1. The number of oxime groups is 1. The molecule has 0 atom stereocenters. The molecule has 0 bridgehead atoms. The summed E-state index contributed by atoms with van der Waals surface area (Å²) in [6.07, 6.45) is 0. The van der Waals surface area contributed by atoms with Crippen molar-refractivity contribution >= 4 is 11.5 Å². The van der Waals surface area contributed by atoms with E-state index in [2.05, 4.69) is 9.99 Å². The van der Waals surface area contributed by atoms with E-state index in [0.29, 0.717) is 6.61 Å². The van der Waals surface area contributed by atoms with Crippen LogP contribution in [0, 0.1) is 17.2 Å². The van der Waals surface area contributed by atoms with Gasteiger partial charge in [-0.1, -0.05) is 19.0 Å². The minimum absolute atomic E-state index is 0.160. The molecule has 0 aliphatic heterocycles. The Bertz CT molecular complexity index is 226. The molecule has 0 aliphatic carbocycles. The molecule has 12 heavy (non-hydrogen) atoms. The Labute approximate surface area is 71.8 Å². The average molecular weight is 168 g/mol.